The average molecular weight is 509 g/mol. The number of amides is 1. The van der Waals surface area contributed by atoms with Gasteiger partial charge in [-0.1, -0.05) is 24.3 Å². The number of sulfonamides is 1. The molecule has 4 rings (SSSR count). The van der Waals surface area contributed by atoms with E-state index in [4.69, 9.17) is 9.47 Å². The zero-order valence-corrected chi connectivity index (χ0v) is 20.9. The molecule has 0 spiro atoms. The molecule has 1 aliphatic rings. The van der Waals surface area contributed by atoms with Crippen LogP contribution in [0.5, 0.6) is 5.75 Å². The van der Waals surface area contributed by atoms with Crippen molar-refractivity contribution < 1.29 is 27.5 Å². The van der Waals surface area contributed by atoms with Crippen molar-refractivity contribution >= 4 is 33.3 Å². The van der Waals surface area contributed by atoms with Crippen LogP contribution in [0, 0.1) is 6.92 Å². The van der Waals surface area contributed by atoms with Gasteiger partial charge in [0.1, 0.15) is 5.75 Å². The van der Waals surface area contributed by atoms with Crippen molar-refractivity contribution in [1.29, 1.82) is 0 Å². The van der Waals surface area contributed by atoms with Gasteiger partial charge >= 0.3 is 5.97 Å². The van der Waals surface area contributed by atoms with E-state index in [1.165, 1.54) is 24.3 Å². The lowest BCUT2D eigenvalue weighted by Gasteiger charge is -2.15. The second-order valence-electron chi connectivity index (χ2n) is 8.66. The number of ether oxygens (including phenoxy) is 2. The lowest BCUT2D eigenvalue weighted by Crippen LogP contribution is -2.23. The van der Waals surface area contributed by atoms with Gasteiger partial charge in [0.2, 0.25) is 0 Å². The maximum absolute atomic E-state index is 12.6. The molecule has 0 atom stereocenters. The van der Waals surface area contributed by atoms with Crippen molar-refractivity contribution in [3.8, 4) is 5.75 Å². The summed E-state index contributed by atoms with van der Waals surface area (Å²) in [6.07, 6.45) is 1.51. The molecule has 1 saturated carbocycles. The largest absolute Gasteiger partial charge is 0.484 e. The van der Waals surface area contributed by atoms with E-state index in [0.29, 0.717) is 23.7 Å². The van der Waals surface area contributed by atoms with Crippen LogP contribution in [0.1, 0.15) is 30.9 Å². The molecule has 2 N–H and O–H groups in total. The van der Waals surface area contributed by atoms with Gasteiger partial charge in [0.05, 0.1) is 16.9 Å². The summed E-state index contributed by atoms with van der Waals surface area (Å²) in [6.45, 7) is 3.76. The van der Waals surface area contributed by atoms with E-state index in [1.54, 1.807) is 37.3 Å². The zero-order valence-electron chi connectivity index (χ0n) is 20.1. The molecule has 1 fully saturated rings. The molecular formula is C27H28N2O6S. The van der Waals surface area contributed by atoms with Gasteiger partial charge in [-0.05, 0) is 86.3 Å². The molecule has 8 nitrogen and oxygen atoms in total. The fraction of sp³-hybridized carbons (Fsp3) is 0.259. The van der Waals surface area contributed by atoms with Gasteiger partial charge in [0, 0.05) is 11.4 Å². The molecule has 0 radical (unpaired) electrons. The van der Waals surface area contributed by atoms with E-state index < -0.39 is 15.4 Å². The van der Waals surface area contributed by atoms with Crippen LogP contribution in [-0.4, -0.2) is 33.5 Å². The minimum Gasteiger partial charge on any atom is -0.484 e. The Morgan fingerprint density at radius 3 is 2.25 bits per heavy atom. The van der Waals surface area contributed by atoms with Crippen molar-refractivity contribution in [2.75, 3.05) is 23.3 Å². The summed E-state index contributed by atoms with van der Waals surface area (Å²) in [6, 6.07) is 20.0. The van der Waals surface area contributed by atoms with E-state index in [1.807, 2.05) is 25.1 Å². The van der Waals surface area contributed by atoms with Crippen LogP contribution >= 0.6 is 0 Å². The third-order valence-electron chi connectivity index (χ3n) is 5.91. The van der Waals surface area contributed by atoms with E-state index in [2.05, 4.69) is 10.0 Å². The number of anilines is 2. The predicted molar refractivity (Wildman–Crippen MR) is 137 cm³/mol. The van der Waals surface area contributed by atoms with Crippen molar-refractivity contribution in [1.82, 2.24) is 0 Å². The van der Waals surface area contributed by atoms with Gasteiger partial charge in [0.15, 0.2) is 6.61 Å². The first-order chi connectivity index (χ1) is 17.2. The Balaban J connectivity index is 1.30. The summed E-state index contributed by atoms with van der Waals surface area (Å²) in [4.78, 5) is 24.6. The molecule has 0 unspecified atom stereocenters. The van der Waals surface area contributed by atoms with Crippen LogP contribution in [0.25, 0.3) is 0 Å². The third kappa shape index (κ3) is 5.85. The molecule has 0 heterocycles. The highest BCUT2D eigenvalue weighted by Crippen LogP contribution is 2.49. The first kappa shape index (κ1) is 25.2. The van der Waals surface area contributed by atoms with Crippen LogP contribution < -0.4 is 14.8 Å². The molecule has 0 bridgehead atoms. The summed E-state index contributed by atoms with van der Waals surface area (Å²) < 4.78 is 38.5. The fourth-order valence-electron chi connectivity index (χ4n) is 3.86. The second-order valence-corrected chi connectivity index (χ2v) is 10.3. The standard InChI is InChI=1S/C27H28N2O6S/c1-3-34-26(31)27(15-16-27)20-7-9-21(10-8-20)28-25(30)18-35-23-11-13-24(14-12-23)36(32,33)29-22-6-4-5-19(2)17-22/h4-14,17,29H,3,15-16,18H2,1-2H3,(H,28,30). The van der Waals surface area contributed by atoms with E-state index in [9.17, 15) is 18.0 Å². The molecule has 3 aromatic rings. The Hall–Kier alpha value is -3.85. The zero-order chi connectivity index (χ0) is 25.8. The smallest absolute Gasteiger partial charge is 0.316 e. The van der Waals surface area contributed by atoms with Crippen LogP contribution in [-0.2, 0) is 29.8 Å². The lowest BCUT2D eigenvalue weighted by atomic mass is 9.96. The maximum atomic E-state index is 12.6. The maximum Gasteiger partial charge on any atom is 0.316 e. The summed E-state index contributed by atoms with van der Waals surface area (Å²) in [5, 5.41) is 2.75. The van der Waals surface area contributed by atoms with Crippen LogP contribution in [0.3, 0.4) is 0 Å². The highest BCUT2D eigenvalue weighted by molar-refractivity contribution is 7.92. The Kier molecular flexibility index (Phi) is 7.30. The number of esters is 1. The number of nitrogens with one attached hydrogen (secondary N) is 2. The number of carbonyl (C=O) groups excluding carboxylic acids is 2. The first-order valence-corrected chi connectivity index (χ1v) is 13.1. The van der Waals surface area contributed by atoms with Gasteiger partial charge in [-0.3, -0.25) is 14.3 Å². The van der Waals surface area contributed by atoms with Crippen molar-refractivity contribution in [2.24, 2.45) is 0 Å². The molecule has 0 aliphatic heterocycles. The Morgan fingerprint density at radius 2 is 1.64 bits per heavy atom. The number of rotatable bonds is 10. The highest BCUT2D eigenvalue weighted by Gasteiger charge is 2.52. The molecule has 3 aromatic carbocycles. The van der Waals surface area contributed by atoms with Gasteiger partial charge in [0.25, 0.3) is 15.9 Å². The first-order valence-electron chi connectivity index (χ1n) is 11.6. The Bertz CT molecular complexity index is 1350. The van der Waals surface area contributed by atoms with Crippen LogP contribution in [0.15, 0.2) is 77.7 Å². The number of carbonyl (C=O) groups is 2. The topological polar surface area (TPSA) is 111 Å². The molecule has 1 aliphatic carbocycles. The van der Waals surface area contributed by atoms with Crippen LogP contribution in [0.4, 0.5) is 11.4 Å². The Morgan fingerprint density at radius 1 is 0.944 bits per heavy atom. The number of hydrogen-bond donors (Lipinski definition) is 2. The van der Waals surface area contributed by atoms with Crippen molar-refractivity contribution in [3.05, 3.63) is 83.9 Å². The fourth-order valence-corrected chi connectivity index (χ4v) is 4.91. The molecule has 1 amide bonds. The number of benzene rings is 3. The molecule has 0 saturated heterocycles. The van der Waals surface area contributed by atoms with E-state index >= 15 is 0 Å². The minimum absolute atomic E-state index is 0.0807. The van der Waals surface area contributed by atoms with E-state index in [-0.39, 0.29) is 23.4 Å². The lowest BCUT2D eigenvalue weighted by molar-refractivity contribution is -0.146. The van der Waals surface area contributed by atoms with Gasteiger partial charge < -0.3 is 14.8 Å². The monoisotopic (exact) mass is 508 g/mol. The molecule has 188 valence electrons. The highest BCUT2D eigenvalue weighted by atomic mass is 32.2. The molecule has 36 heavy (non-hydrogen) atoms. The average Bonchev–Trinajstić information content (AvgIpc) is 3.66. The number of hydrogen-bond acceptors (Lipinski definition) is 6. The quantitative estimate of drug-likeness (QED) is 0.393. The number of aryl methyl sites for hydroxylation is 1. The summed E-state index contributed by atoms with van der Waals surface area (Å²) in [5.41, 5.74) is 2.32. The van der Waals surface area contributed by atoms with Gasteiger partial charge in [-0.25, -0.2) is 8.42 Å². The van der Waals surface area contributed by atoms with Crippen LogP contribution in [0.2, 0.25) is 0 Å². The second kappa shape index (κ2) is 10.4. The molecular weight excluding hydrogens is 480 g/mol. The van der Waals surface area contributed by atoms with Gasteiger partial charge in [-0.15, -0.1) is 0 Å². The van der Waals surface area contributed by atoms with Crippen molar-refractivity contribution in [2.45, 2.75) is 37.0 Å². The third-order valence-corrected chi connectivity index (χ3v) is 7.31. The minimum atomic E-state index is -3.75. The summed E-state index contributed by atoms with van der Waals surface area (Å²) >= 11 is 0. The predicted octanol–water partition coefficient (Wildman–Crippen LogP) is 4.41. The molecule has 9 heteroatoms. The molecule has 0 aromatic heterocycles. The summed E-state index contributed by atoms with van der Waals surface area (Å²) in [7, 11) is -3.75. The Labute approximate surface area is 210 Å². The van der Waals surface area contributed by atoms with Gasteiger partial charge in [-0.2, -0.15) is 0 Å². The normalized spacial score (nSPS) is 13.9. The SMILES string of the molecule is CCOC(=O)C1(c2ccc(NC(=O)COc3ccc(S(=O)(=O)Nc4cccc(C)c4)cc3)cc2)CC1. The van der Waals surface area contributed by atoms with Crippen molar-refractivity contribution in [3.63, 3.8) is 0 Å². The summed E-state index contributed by atoms with van der Waals surface area (Å²) in [5.74, 6) is -0.216. The van der Waals surface area contributed by atoms with E-state index in [0.717, 1.165) is 24.0 Å².